The number of nitrogens with zero attached hydrogens (tertiary/aromatic N) is 1. The van der Waals surface area contributed by atoms with Crippen molar-refractivity contribution in [1.29, 1.82) is 0 Å². The van der Waals surface area contributed by atoms with Gasteiger partial charge in [-0.1, -0.05) is 12.1 Å². The molecule has 0 saturated carbocycles. The second kappa shape index (κ2) is 7.95. The summed E-state index contributed by atoms with van der Waals surface area (Å²) in [4.78, 5) is 11.9. The Morgan fingerprint density at radius 3 is 2.52 bits per heavy atom. The number of halogens is 4. The number of hydrazone groups is 1. The Bertz CT molecular complexity index is 979. The van der Waals surface area contributed by atoms with Crippen LogP contribution in [-0.4, -0.2) is 12.1 Å². The van der Waals surface area contributed by atoms with Crippen molar-refractivity contribution in [2.24, 2.45) is 5.10 Å². The van der Waals surface area contributed by atoms with Crippen LogP contribution >= 0.6 is 22.6 Å². The number of hydrogen-bond donors (Lipinski definition) is 1. The Hall–Kier alpha value is -2.62. The van der Waals surface area contributed by atoms with Gasteiger partial charge in [0.15, 0.2) is 0 Å². The van der Waals surface area contributed by atoms with Crippen molar-refractivity contribution < 1.29 is 22.4 Å². The van der Waals surface area contributed by atoms with Gasteiger partial charge in [0.05, 0.1) is 11.8 Å². The predicted octanol–water partition coefficient (Wildman–Crippen LogP) is 5.33. The minimum absolute atomic E-state index is 0.270. The van der Waals surface area contributed by atoms with Gasteiger partial charge in [0.1, 0.15) is 11.5 Å². The van der Waals surface area contributed by atoms with Gasteiger partial charge in [-0.15, -0.1) is 0 Å². The van der Waals surface area contributed by atoms with Crippen molar-refractivity contribution in [3.8, 4) is 11.3 Å². The molecule has 1 aromatic heterocycles. The van der Waals surface area contributed by atoms with Gasteiger partial charge in [0.25, 0.3) is 5.91 Å². The largest absolute Gasteiger partial charge is 0.455 e. The lowest BCUT2D eigenvalue weighted by molar-refractivity contribution is -0.137. The van der Waals surface area contributed by atoms with Gasteiger partial charge in [-0.3, -0.25) is 4.79 Å². The first-order valence-electron chi connectivity index (χ1n) is 7.69. The highest BCUT2D eigenvalue weighted by Gasteiger charge is 2.30. The first-order valence-corrected chi connectivity index (χ1v) is 8.77. The van der Waals surface area contributed by atoms with Gasteiger partial charge < -0.3 is 4.42 Å². The zero-order valence-corrected chi connectivity index (χ0v) is 15.8. The molecule has 0 fully saturated rings. The third-order valence-electron chi connectivity index (χ3n) is 3.57. The Morgan fingerprint density at radius 1 is 1.07 bits per heavy atom. The summed E-state index contributed by atoms with van der Waals surface area (Å²) in [7, 11) is 0. The third-order valence-corrected chi connectivity index (χ3v) is 4.28. The fourth-order valence-electron chi connectivity index (χ4n) is 2.25. The number of nitrogens with one attached hydrogen (secondary N) is 1. The molecule has 0 unspecified atom stereocenters. The van der Waals surface area contributed by atoms with E-state index >= 15 is 0 Å². The molecule has 3 rings (SSSR count). The fourth-order valence-corrected chi connectivity index (χ4v) is 2.61. The molecule has 1 amide bonds. The van der Waals surface area contributed by atoms with Crippen LogP contribution in [0.25, 0.3) is 11.3 Å². The molecule has 4 nitrogen and oxygen atoms in total. The topological polar surface area (TPSA) is 54.6 Å². The molecular weight excluding hydrogens is 472 g/mol. The van der Waals surface area contributed by atoms with E-state index in [1.54, 1.807) is 30.3 Å². The number of carbonyl (C=O) groups is 1. The maximum Gasteiger partial charge on any atom is 0.416 e. The zero-order valence-electron chi connectivity index (χ0n) is 13.6. The summed E-state index contributed by atoms with van der Waals surface area (Å²) >= 11 is 2.13. The van der Waals surface area contributed by atoms with Crippen molar-refractivity contribution in [2.75, 3.05) is 0 Å². The quantitative estimate of drug-likeness (QED) is 0.309. The second-order valence-electron chi connectivity index (χ2n) is 5.49. The molecule has 0 bridgehead atoms. The highest BCUT2D eigenvalue weighted by atomic mass is 127. The van der Waals surface area contributed by atoms with E-state index in [9.17, 15) is 18.0 Å². The first kappa shape index (κ1) is 19.2. The number of benzene rings is 2. The number of amides is 1. The normalized spacial score (nSPS) is 11.7. The number of furan rings is 1. The van der Waals surface area contributed by atoms with Gasteiger partial charge in [-0.25, -0.2) is 5.43 Å². The van der Waals surface area contributed by atoms with Crippen molar-refractivity contribution in [3.05, 3.63) is 81.1 Å². The smallest absolute Gasteiger partial charge is 0.416 e. The molecule has 0 spiro atoms. The lowest BCUT2D eigenvalue weighted by Crippen LogP contribution is -2.17. The molecule has 8 heteroatoms. The molecule has 0 aliphatic carbocycles. The van der Waals surface area contributed by atoms with Crippen LogP contribution in [0.1, 0.15) is 21.7 Å². The van der Waals surface area contributed by atoms with Gasteiger partial charge in [0, 0.05) is 14.7 Å². The summed E-state index contributed by atoms with van der Waals surface area (Å²) in [6.07, 6.45) is -3.14. The lowest BCUT2D eigenvalue weighted by Gasteiger charge is -2.07. The highest BCUT2D eigenvalue weighted by molar-refractivity contribution is 14.1. The standard InChI is InChI=1S/C19H12F3IN2O2/c20-19(21,22)14-3-1-2-13(10-14)17-9-8-16(27-17)11-24-25-18(26)12-4-6-15(23)7-5-12/h1-11H,(H,25,26). The van der Waals surface area contributed by atoms with Gasteiger partial charge >= 0.3 is 6.18 Å². The molecule has 3 aromatic rings. The molecule has 138 valence electrons. The second-order valence-corrected chi connectivity index (χ2v) is 6.73. The molecule has 0 aliphatic heterocycles. The van der Waals surface area contributed by atoms with Crippen LogP contribution in [0, 0.1) is 3.57 Å². The van der Waals surface area contributed by atoms with Crippen molar-refractivity contribution in [3.63, 3.8) is 0 Å². The molecular formula is C19H12F3IN2O2. The monoisotopic (exact) mass is 484 g/mol. The van der Waals surface area contributed by atoms with Crippen LogP contribution in [-0.2, 0) is 6.18 Å². The summed E-state index contributed by atoms with van der Waals surface area (Å²) in [6.45, 7) is 0. The number of carbonyl (C=O) groups excluding carboxylic acids is 1. The third kappa shape index (κ3) is 4.97. The lowest BCUT2D eigenvalue weighted by atomic mass is 10.1. The molecule has 0 saturated heterocycles. The SMILES string of the molecule is O=C(NN=Cc1ccc(-c2cccc(C(F)(F)F)c2)o1)c1ccc(I)cc1. The predicted molar refractivity (Wildman–Crippen MR) is 103 cm³/mol. The number of rotatable bonds is 4. The van der Waals surface area contributed by atoms with Crippen LogP contribution in [0.2, 0.25) is 0 Å². The van der Waals surface area contributed by atoms with E-state index in [4.69, 9.17) is 4.42 Å². The van der Waals surface area contributed by atoms with Gasteiger partial charge in [-0.2, -0.15) is 18.3 Å². The number of alkyl halides is 3. The molecule has 0 radical (unpaired) electrons. The molecule has 27 heavy (non-hydrogen) atoms. The Morgan fingerprint density at radius 2 is 1.81 bits per heavy atom. The van der Waals surface area contributed by atoms with E-state index in [-0.39, 0.29) is 11.7 Å². The average molecular weight is 484 g/mol. The van der Waals surface area contributed by atoms with Crippen LogP contribution in [0.15, 0.2) is 70.2 Å². The van der Waals surface area contributed by atoms with E-state index in [0.29, 0.717) is 16.9 Å². The summed E-state index contributed by atoms with van der Waals surface area (Å²) in [5.74, 6) is 0.184. The highest BCUT2D eigenvalue weighted by Crippen LogP contribution is 2.32. The minimum Gasteiger partial charge on any atom is -0.455 e. The van der Waals surface area contributed by atoms with Gasteiger partial charge in [0.2, 0.25) is 0 Å². The summed E-state index contributed by atoms with van der Waals surface area (Å²) in [5, 5.41) is 3.80. The van der Waals surface area contributed by atoms with Crippen molar-refractivity contribution >= 4 is 34.7 Å². The molecule has 1 heterocycles. The Balaban J connectivity index is 1.68. The maximum atomic E-state index is 12.8. The zero-order chi connectivity index (χ0) is 19.4. The van der Waals surface area contributed by atoms with Crippen molar-refractivity contribution in [1.82, 2.24) is 5.43 Å². The van der Waals surface area contributed by atoms with Crippen LogP contribution < -0.4 is 5.43 Å². The average Bonchev–Trinajstić information content (AvgIpc) is 3.10. The fraction of sp³-hybridized carbons (Fsp3) is 0.0526. The molecule has 1 N–H and O–H groups in total. The molecule has 0 aliphatic rings. The van der Waals surface area contributed by atoms with E-state index in [1.165, 1.54) is 24.4 Å². The van der Waals surface area contributed by atoms with Crippen LogP contribution in [0.5, 0.6) is 0 Å². The Kier molecular flexibility index (Phi) is 5.64. The first-order chi connectivity index (χ1) is 12.8. The maximum absolute atomic E-state index is 12.8. The van der Waals surface area contributed by atoms with Gasteiger partial charge in [-0.05, 0) is 71.1 Å². The van der Waals surface area contributed by atoms with Crippen LogP contribution in [0.4, 0.5) is 13.2 Å². The Labute approximate surface area is 166 Å². The summed E-state index contributed by atoms with van der Waals surface area (Å²) in [6, 6.07) is 14.9. The molecule has 0 atom stereocenters. The van der Waals surface area contributed by atoms with Crippen molar-refractivity contribution in [2.45, 2.75) is 6.18 Å². The summed E-state index contributed by atoms with van der Waals surface area (Å²) < 4.78 is 44.9. The van der Waals surface area contributed by atoms with Crippen LogP contribution in [0.3, 0.4) is 0 Å². The van der Waals surface area contributed by atoms with E-state index in [0.717, 1.165) is 15.7 Å². The summed E-state index contributed by atoms with van der Waals surface area (Å²) in [5.41, 5.74) is 2.36. The van der Waals surface area contributed by atoms with E-state index in [1.807, 2.05) is 0 Å². The molecule has 2 aromatic carbocycles. The van der Waals surface area contributed by atoms with E-state index < -0.39 is 11.7 Å². The number of hydrogen-bond acceptors (Lipinski definition) is 3. The van der Waals surface area contributed by atoms with E-state index in [2.05, 4.69) is 33.1 Å². The minimum atomic E-state index is -4.42.